The van der Waals surface area contributed by atoms with Crippen molar-refractivity contribution in [3.63, 3.8) is 0 Å². The zero-order valence-electron chi connectivity index (χ0n) is 17.3. The Morgan fingerprint density at radius 1 is 0.500 bits per heavy atom. The Balaban J connectivity index is 1.69. The summed E-state index contributed by atoms with van der Waals surface area (Å²) in [6.07, 6.45) is 0. The number of hydrogen-bond donors (Lipinski definition) is 0. The summed E-state index contributed by atoms with van der Waals surface area (Å²) in [6.45, 7) is 0. The predicted molar refractivity (Wildman–Crippen MR) is 133 cm³/mol. The molecule has 0 saturated heterocycles. The van der Waals surface area contributed by atoms with Gasteiger partial charge in [-0.2, -0.15) is 0 Å². The molecule has 0 aliphatic carbocycles. The molecular formula is C28H22O2S2. The van der Waals surface area contributed by atoms with Gasteiger partial charge in [0, 0.05) is 14.7 Å². The Hall–Kier alpha value is -3.18. The summed E-state index contributed by atoms with van der Waals surface area (Å²) in [6, 6.07) is 44.3. The van der Waals surface area contributed by atoms with Gasteiger partial charge in [0.15, 0.2) is 11.1 Å². The van der Waals surface area contributed by atoms with Crippen LogP contribution in [-0.2, 0) is 14.7 Å². The number of benzene rings is 5. The summed E-state index contributed by atoms with van der Waals surface area (Å²) in [5.41, 5.74) is 0. The summed E-state index contributed by atoms with van der Waals surface area (Å²) in [4.78, 5) is 3.67. The van der Waals surface area contributed by atoms with Crippen LogP contribution in [0.2, 0.25) is 0 Å². The summed E-state index contributed by atoms with van der Waals surface area (Å²) in [5.74, 6) is 0. The first-order chi connectivity index (χ1) is 15.8. The van der Waals surface area contributed by atoms with E-state index in [1.165, 1.54) is 0 Å². The smallest absolute Gasteiger partial charge is 0.200 e. The fourth-order valence-corrected chi connectivity index (χ4v) is 8.60. The second-order valence-corrected chi connectivity index (χ2v) is 11.3. The van der Waals surface area contributed by atoms with E-state index < -0.39 is 21.4 Å². The average Bonchev–Trinajstić information content (AvgIpc) is 2.88. The van der Waals surface area contributed by atoms with Gasteiger partial charge in [-0.1, -0.05) is 84.9 Å². The van der Waals surface area contributed by atoms with Crippen molar-refractivity contribution in [2.45, 2.75) is 19.6 Å². The third kappa shape index (κ3) is 3.89. The minimum absolute atomic E-state index is 0.656. The van der Waals surface area contributed by atoms with E-state index in [0.29, 0.717) is 4.90 Å². The van der Waals surface area contributed by atoms with Gasteiger partial charge >= 0.3 is 0 Å². The van der Waals surface area contributed by atoms with E-state index in [-0.39, 0.29) is 0 Å². The van der Waals surface area contributed by atoms with Crippen LogP contribution in [0, 0.1) is 0 Å². The zero-order valence-corrected chi connectivity index (χ0v) is 19.0. The number of fused-ring (bicyclic) bond motifs is 1. The molecule has 0 radical (unpaired) electrons. The molecule has 1 atom stereocenters. The quantitative estimate of drug-likeness (QED) is 0.262. The molecule has 2 nitrogen and oxygen atoms in total. The summed E-state index contributed by atoms with van der Waals surface area (Å²) in [5, 5.41) is 2.16. The Labute approximate surface area is 192 Å². The van der Waals surface area contributed by atoms with Gasteiger partial charge < -0.3 is 0 Å². The zero-order chi connectivity index (χ0) is 21.8. The molecular weight excluding hydrogens is 432 g/mol. The monoisotopic (exact) mass is 454 g/mol. The molecule has 0 bridgehead atoms. The van der Waals surface area contributed by atoms with Gasteiger partial charge in [-0.25, -0.2) is 7.84 Å². The highest BCUT2D eigenvalue weighted by atomic mass is 32.3. The summed E-state index contributed by atoms with van der Waals surface area (Å²) in [7, 11) is -2.23. The lowest BCUT2D eigenvalue weighted by Crippen LogP contribution is -2.10. The van der Waals surface area contributed by atoms with Crippen molar-refractivity contribution in [3.05, 3.63) is 133 Å². The fourth-order valence-electron chi connectivity index (χ4n) is 3.77. The molecule has 0 aromatic heterocycles. The minimum Gasteiger partial charge on any atom is -0.223 e. The highest BCUT2D eigenvalue weighted by Crippen LogP contribution is 2.69. The van der Waals surface area contributed by atoms with Gasteiger partial charge in [-0.3, -0.25) is 0 Å². The molecule has 4 heteroatoms. The van der Waals surface area contributed by atoms with Crippen molar-refractivity contribution in [2.24, 2.45) is 0 Å². The first-order valence-electron chi connectivity index (χ1n) is 10.4. The van der Waals surface area contributed by atoms with Crippen LogP contribution in [-0.4, -0.2) is 4.21 Å². The topological polar surface area (TPSA) is 26.3 Å². The predicted octanol–water partition coefficient (Wildman–Crippen LogP) is 7.78. The van der Waals surface area contributed by atoms with Crippen molar-refractivity contribution in [2.75, 3.05) is 0 Å². The molecule has 0 fully saturated rings. The highest BCUT2D eigenvalue weighted by molar-refractivity contribution is 8.32. The fraction of sp³-hybridized carbons (Fsp3) is 0. The third-order valence-electron chi connectivity index (χ3n) is 5.30. The van der Waals surface area contributed by atoms with Crippen molar-refractivity contribution in [1.82, 2.24) is 0 Å². The maximum Gasteiger partial charge on any atom is 0.200 e. The second kappa shape index (κ2) is 9.13. The van der Waals surface area contributed by atoms with E-state index in [0.717, 1.165) is 25.5 Å². The first kappa shape index (κ1) is 20.7. The minimum atomic E-state index is -2.23. The average molecular weight is 455 g/mol. The second-order valence-electron chi connectivity index (χ2n) is 7.31. The van der Waals surface area contributed by atoms with Gasteiger partial charge in [-0.15, -0.1) is 0 Å². The van der Waals surface area contributed by atoms with Crippen LogP contribution >= 0.6 is 10.3 Å². The van der Waals surface area contributed by atoms with E-state index >= 15 is 0 Å². The molecule has 0 spiro atoms. The Morgan fingerprint density at radius 3 is 1.44 bits per heavy atom. The lowest BCUT2D eigenvalue weighted by Gasteiger charge is -2.39. The lowest BCUT2D eigenvalue weighted by molar-refractivity contribution is 0.595. The molecule has 5 rings (SSSR count). The Morgan fingerprint density at radius 2 is 0.938 bits per heavy atom. The van der Waals surface area contributed by atoms with Crippen LogP contribution in [0.1, 0.15) is 0 Å². The number of hydrogen-bond acceptors (Lipinski definition) is 2. The highest BCUT2D eigenvalue weighted by Gasteiger charge is 2.35. The molecule has 158 valence electrons. The van der Waals surface area contributed by atoms with Crippen LogP contribution in [0.3, 0.4) is 0 Å². The maximum atomic E-state index is 13.7. The Bertz CT molecular complexity index is 1260. The van der Waals surface area contributed by atoms with Gasteiger partial charge in [0.1, 0.15) is 0 Å². The molecule has 0 heterocycles. The van der Waals surface area contributed by atoms with Crippen molar-refractivity contribution >= 4 is 32.2 Å². The van der Waals surface area contributed by atoms with Crippen molar-refractivity contribution < 1.29 is 7.84 Å². The van der Waals surface area contributed by atoms with E-state index in [9.17, 15) is 4.21 Å². The SMILES string of the molecule is O=S(OS(c1ccccc1)(c1ccccc1)c1ccccc1)c1ccc2ccccc2c1. The van der Waals surface area contributed by atoms with Crippen molar-refractivity contribution in [3.8, 4) is 0 Å². The molecule has 5 aromatic carbocycles. The molecule has 5 aromatic rings. The van der Waals surface area contributed by atoms with Gasteiger partial charge in [0.2, 0.25) is 0 Å². The van der Waals surface area contributed by atoms with E-state index in [1.807, 2.05) is 91.0 Å². The van der Waals surface area contributed by atoms with E-state index in [1.54, 1.807) is 0 Å². The van der Waals surface area contributed by atoms with Gasteiger partial charge in [-0.05, 0) is 69.6 Å². The standard InChI is InChI=1S/C28H22O2S2/c29-31(25-21-20-23-12-10-11-13-24(23)22-25)30-32(26-14-4-1-5-15-26,27-16-6-2-7-17-27)28-18-8-3-9-19-28/h1-22H. The molecule has 0 N–H and O–H groups in total. The maximum absolute atomic E-state index is 13.7. The van der Waals surface area contributed by atoms with E-state index in [2.05, 4.69) is 42.5 Å². The van der Waals surface area contributed by atoms with E-state index in [4.69, 9.17) is 3.63 Å². The third-order valence-corrected chi connectivity index (χ3v) is 10.1. The van der Waals surface area contributed by atoms with Crippen molar-refractivity contribution in [1.29, 1.82) is 0 Å². The van der Waals surface area contributed by atoms with Crippen LogP contribution in [0.5, 0.6) is 0 Å². The molecule has 0 saturated carbocycles. The van der Waals surface area contributed by atoms with Gasteiger partial charge in [0.05, 0.1) is 4.90 Å². The normalized spacial score (nSPS) is 13.0. The summed E-state index contributed by atoms with van der Waals surface area (Å²) >= 11 is -1.67. The molecule has 0 amide bonds. The summed E-state index contributed by atoms with van der Waals surface area (Å²) < 4.78 is 20.4. The Kier molecular flexibility index (Phi) is 5.91. The van der Waals surface area contributed by atoms with Crippen LogP contribution in [0.15, 0.2) is 153 Å². The number of rotatable bonds is 6. The molecule has 32 heavy (non-hydrogen) atoms. The van der Waals surface area contributed by atoms with Gasteiger partial charge in [0.25, 0.3) is 0 Å². The van der Waals surface area contributed by atoms with Crippen LogP contribution < -0.4 is 0 Å². The molecule has 0 aliphatic rings. The largest absolute Gasteiger partial charge is 0.223 e. The van der Waals surface area contributed by atoms with Crippen LogP contribution in [0.25, 0.3) is 10.8 Å². The lowest BCUT2D eigenvalue weighted by atomic mass is 10.1. The molecule has 1 unspecified atom stereocenters. The first-order valence-corrected chi connectivity index (χ1v) is 13.0. The molecule has 0 aliphatic heterocycles. The van der Waals surface area contributed by atoms with Crippen LogP contribution in [0.4, 0.5) is 0 Å².